The van der Waals surface area contributed by atoms with E-state index in [2.05, 4.69) is 31.3 Å². The number of nitrogens with one attached hydrogen (secondary N) is 1. The molecule has 0 saturated carbocycles. The molecule has 3 heteroatoms. The van der Waals surface area contributed by atoms with Gasteiger partial charge in [-0.2, -0.15) is 0 Å². The van der Waals surface area contributed by atoms with E-state index in [-0.39, 0.29) is 0 Å². The first-order chi connectivity index (χ1) is 10.1. The van der Waals surface area contributed by atoms with Crippen LogP contribution in [0.25, 0.3) is 0 Å². The molecular weight excluding hydrogens is 282 g/mol. The van der Waals surface area contributed by atoms with Crippen molar-refractivity contribution in [3.63, 3.8) is 0 Å². The molecule has 0 radical (unpaired) electrons. The minimum Gasteiger partial charge on any atom is -0.381 e. The molecule has 1 aliphatic heterocycles. The lowest BCUT2D eigenvalue weighted by molar-refractivity contribution is 0.0584. The lowest BCUT2D eigenvalue weighted by atomic mass is 9.85. The van der Waals surface area contributed by atoms with Gasteiger partial charge in [-0.3, -0.25) is 0 Å². The lowest BCUT2D eigenvalue weighted by Crippen LogP contribution is -2.32. The number of hydrogen-bond donors (Lipinski definition) is 1. The number of ether oxygens (including phenoxy) is 1. The van der Waals surface area contributed by atoms with Crippen molar-refractivity contribution in [3.05, 3.63) is 34.9 Å². The van der Waals surface area contributed by atoms with E-state index in [1.54, 1.807) is 0 Å². The van der Waals surface area contributed by atoms with Gasteiger partial charge in [-0.1, -0.05) is 43.6 Å². The molecule has 1 heterocycles. The predicted octanol–water partition coefficient (Wildman–Crippen LogP) is 4.31. The third kappa shape index (κ3) is 5.98. The lowest BCUT2D eigenvalue weighted by Gasteiger charge is -2.28. The zero-order valence-electron chi connectivity index (χ0n) is 13.3. The van der Waals surface area contributed by atoms with E-state index in [4.69, 9.17) is 16.3 Å². The van der Waals surface area contributed by atoms with E-state index in [1.807, 2.05) is 12.1 Å². The monoisotopic (exact) mass is 309 g/mol. The minimum absolute atomic E-state index is 0.536. The van der Waals surface area contributed by atoms with Crippen molar-refractivity contribution in [1.29, 1.82) is 0 Å². The normalized spacial score (nSPS) is 18.1. The average Bonchev–Trinajstić information content (AvgIpc) is 2.48. The molecule has 2 nitrogen and oxygen atoms in total. The Hall–Kier alpha value is -0.570. The smallest absolute Gasteiger partial charge is 0.0468 e. The van der Waals surface area contributed by atoms with Crippen LogP contribution in [0.15, 0.2) is 24.3 Å². The largest absolute Gasteiger partial charge is 0.381 e. The molecule has 1 aliphatic rings. The summed E-state index contributed by atoms with van der Waals surface area (Å²) in [4.78, 5) is 0. The standard InChI is InChI=1S/C18H28ClNO/c1-14(2)20-13-16(11-15-7-9-21-10-8-15)12-17-5-3-4-6-18(17)19/h3-6,14-16,20H,7-13H2,1-2H3. The highest BCUT2D eigenvalue weighted by molar-refractivity contribution is 6.31. The predicted molar refractivity (Wildman–Crippen MR) is 89.9 cm³/mol. The molecule has 21 heavy (non-hydrogen) atoms. The van der Waals surface area contributed by atoms with Crippen molar-refractivity contribution in [2.75, 3.05) is 19.8 Å². The molecule has 0 bridgehead atoms. The van der Waals surface area contributed by atoms with Crippen molar-refractivity contribution in [2.45, 2.75) is 45.6 Å². The zero-order chi connectivity index (χ0) is 15.1. The Morgan fingerprint density at radius 3 is 2.62 bits per heavy atom. The Morgan fingerprint density at radius 1 is 1.24 bits per heavy atom. The highest BCUT2D eigenvalue weighted by Crippen LogP contribution is 2.27. The van der Waals surface area contributed by atoms with E-state index < -0.39 is 0 Å². The van der Waals surface area contributed by atoms with Crippen molar-refractivity contribution >= 4 is 11.6 Å². The van der Waals surface area contributed by atoms with E-state index in [0.717, 1.165) is 37.1 Å². The van der Waals surface area contributed by atoms with Crippen LogP contribution in [0.2, 0.25) is 5.02 Å². The minimum atomic E-state index is 0.536. The Labute approximate surface area is 134 Å². The molecule has 1 unspecified atom stereocenters. The average molecular weight is 310 g/mol. The zero-order valence-corrected chi connectivity index (χ0v) is 14.0. The van der Waals surface area contributed by atoms with Gasteiger partial charge in [0, 0.05) is 24.3 Å². The molecular formula is C18H28ClNO. The van der Waals surface area contributed by atoms with E-state index in [9.17, 15) is 0 Å². The number of hydrogen-bond acceptors (Lipinski definition) is 2. The summed E-state index contributed by atoms with van der Waals surface area (Å²) in [6.45, 7) is 7.35. The fraction of sp³-hybridized carbons (Fsp3) is 0.667. The molecule has 1 aromatic carbocycles. The molecule has 1 aromatic rings. The summed E-state index contributed by atoms with van der Waals surface area (Å²) in [6.07, 6.45) is 4.76. The van der Waals surface area contributed by atoms with Crippen LogP contribution in [0.1, 0.15) is 38.7 Å². The first-order valence-electron chi connectivity index (χ1n) is 8.19. The first-order valence-corrected chi connectivity index (χ1v) is 8.57. The topological polar surface area (TPSA) is 21.3 Å². The third-order valence-corrected chi connectivity index (χ3v) is 4.66. The maximum Gasteiger partial charge on any atom is 0.0468 e. The van der Waals surface area contributed by atoms with Crippen molar-refractivity contribution in [3.8, 4) is 0 Å². The van der Waals surface area contributed by atoms with Crippen LogP contribution in [-0.4, -0.2) is 25.8 Å². The van der Waals surface area contributed by atoms with Crippen molar-refractivity contribution in [1.82, 2.24) is 5.32 Å². The quantitative estimate of drug-likeness (QED) is 0.810. The van der Waals surface area contributed by atoms with Gasteiger partial charge in [-0.05, 0) is 55.7 Å². The molecule has 0 aromatic heterocycles. The fourth-order valence-electron chi connectivity index (χ4n) is 3.07. The van der Waals surface area contributed by atoms with Gasteiger partial charge in [0.15, 0.2) is 0 Å². The van der Waals surface area contributed by atoms with Crippen LogP contribution in [0.3, 0.4) is 0 Å². The van der Waals surface area contributed by atoms with E-state index in [1.165, 1.54) is 24.8 Å². The summed E-state index contributed by atoms with van der Waals surface area (Å²) in [5.74, 6) is 1.45. The second kappa shape index (κ2) is 8.77. The van der Waals surface area contributed by atoms with Crippen LogP contribution < -0.4 is 5.32 Å². The van der Waals surface area contributed by atoms with Gasteiger partial charge >= 0.3 is 0 Å². The van der Waals surface area contributed by atoms with Crippen LogP contribution in [0.5, 0.6) is 0 Å². The third-order valence-electron chi connectivity index (χ3n) is 4.29. The van der Waals surface area contributed by atoms with Crippen LogP contribution >= 0.6 is 11.6 Å². The summed E-state index contributed by atoms with van der Waals surface area (Å²) in [5, 5.41) is 4.50. The number of rotatable bonds is 7. The van der Waals surface area contributed by atoms with Gasteiger partial charge in [0.1, 0.15) is 0 Å². The Bertz CT molecular complexity index is 415. The van der Waals surface area contributed by atoms with Gasteiger partial charge in [-0.25, -0.2) is 0 Å². The Balaban J connectivity index is 1.95. The van der Waals surface area contributed by atoms with Crippen LogP contribution in [0.4, 0.5) is 0 Å². The molecule has 0 amide bonds. The Kier molecular flexibility index (Phi) is 7.01. The molecule has 1 N–H and O–H groups in total. The van der Waals surface area contributed by atoms with Crippen molar-refractivity contribution < 1.29 is 4.74 Å². The molecule has 1 atom stereocenters. The van der Waals surface area contributed by atoms with E-state index >= 15 is 0 Å². The van der Waals surface area contributed by atoms with Crippen molar-refractivity contribution in [2.24, 2.45) is 11.8 Å². The summed E-state index contributed by atoms with van der Waals surface area (Å²) in [6, 6.07) is 8.79. The van der Waals surface area contributed by atoms with Gasteiger partial charge in [0.05, 0.1) is 0 Å². The molecule has 1 saturated heterocycles. The summed E-state index contributed by atoms with van der Waals surface area (Å²) < 4.78 is 5.48. The maximum atomic E-state index is 6.33. The molecule has 118 valence electrons. The SMILES string of the molecule is CC(C)NCC(Cc1ccccc1Cl)CC1CCOCC1. The first kappa shape index (κ1) is 16.8. The van der Waals surface area contributed by atoms with Gasteiger partial charge < -0.3 is 10.1 Å². The molecule has 1 fully saturated rings. The maximum absolute atomic E-state index is 6.33. The highest BCUT2D eigenvalue weighted by Gasteiger charge is 2.20. The summed E-state index contributed by atoms with van der Waals surface area (Å²) in [7, 11) is 0. The van der Waals surface area contributed by atoms with Gasteiger partial charge in [-0.15, -0.1) is 0 Å². The molecule has 0 aliphatic carbocycles. The highest BCUT2D eigenvalue weighted by atomic mass is 35.5. The second-order valence-electron chi connectivity index (χ2n) is 6.52. The Morgan fingerprint density at radius 2 is 1.95 bits per heavy atom. The number of halogens is 1. The summed E-state index contributed by atoms with van der Waals surface area (Å²) in [5.41, 5.74) is 1.28. The fourth-order valence-corrected chi connectivity index (χ4v) is 3.28. The van der Waals surface area contributed by atoms with Gasteiger partial charge in [0.25, 0.3) is 0 Å². The number of benzene rings is 1. The summed E-state index contributed by atoms with van der Waals surface area (Å²) >= 11 is 6.33. The van der Waals surface area contributed by atoms with Gasteiger partial charge in [0.2, 0.25) is 0 Å². The molecule has 2 rings (SSSR count). The van der Waals surface area contributed by atoms with Crippen LogP contribution in [0, 0.1) is 11.8 Å². The second-order valence-corrected chi connectivity index (χ2v) is 6.92. The molecule has 0 spiro atoms. The van der Waals surface area contributed by atoms with Crippen LogP contribution in [-0.2, 0) is 11.2 Å². The van der Waals surface area contributed by atoms with E-state index in [0.29, 0.717) is 12.0 Å².